The van der Waals surface area contributed by atoms with Crippen molar-refractivity contribution in [3.63, 3.8) is 0 Å². The lowest BCUT2D eigenvalue weighted by Gasteiger charge is -2.22. The van der Waals surface area contributed by atoms with Crippen LogP contribution in [0.2, 0.25) is 0 Å². The largest absolute Gasteiger partial charge is 0.456 e. The number of hydrogen-bond acceptors (Lipinski definition) is 7. The molecule has 10 nitrogen and oxygen atoms in total. The molecule has 1 saturated heterocycles. The Morgan fingerprint density at radius 3 is 2.79 bits per heavy atom. The number of H-pyrrole nitrogens is 1. The number of imidazole rings is 1. The Kier molecular flexibility index (Phi) is 6.77. The summed E-state index contributed by atoms with van der Waals surface area (Å²) in [5, 5.41) is 1.83. The summed E-state index contributed by atoms with van der Waals surface area (Å²) in [6.07, 6.45) is 2.91. The van der Waals surface area contributed by atoms with Gasteiger partial charge in [-0.15, -0.1) is 11.3 Å². The third-order valence-corrected chi connectivity index (χ3v) is 6.74. The van der Waals surface area contributed by atoms with E-state index in [0.717, 1.165) is 19.3 Å². The topological polar surface area (TPSA) is 119 Å². The number of aromatic nitrogens is 4. The van der Waals surface area contributed by atoms with E-state index >= 15 is 0 Å². The lowest BCUT2D eigenvalue weighted by molar-refractivity contribution is -0.149. The number of nitrogens with one attached hydrogen (secondary N) is 1. The molecule has 1 aliphatic rings. The summed E-state index contributed by atoms with van der Waals surface area (Å²) in [5.74, 6) is -0.280. The Bertz CT molecular complexity index is 1270. The highest BCUT2D eigenvalue weighted by atomic mass is 32.1. The monoisotopic (exact) mass is 473 g/mol. The van der Waals surface area contributed by atoms with Crippen molar-refractivity contribution in [3.8, 4) is 0 Å². The molecule has 1 atom stereocenters. The van der Waals surface area contributed by atoms with Gasteiger partial charge in [0.25, 0.3) is 11.5 Å². The number of rotatable bonds is 8. The standard InChI is InChI=1S/C22H27N5O5S/c1-3-5-10-27-18-17(19(28)24-22(27)31)25(4-2)16(23-18)13-32-21(30)14-8-6-11-26(14)20(29)15-9-7-12-33-15/h7,9,12,14H,3-6,8,10-11,13H2,1-2H3,(H,24,28,31)/t14-/m0/s1. The first kappa shape index (κ1) is 23.0. The molecular formula is C22H27N5O5S. The molecule has 0 radical (unpaired) electrons. The second-order valence-electron chi connectivity index (χ2n) is 7.95. The molecule has 1 fully saturated rings. The third kappa shape index (κ3) is 4.37. The van der Waals surface area contributed by atoms with E-state index in [-0.39, 0.29) is 18.0 Å². The summed E-state index contributed by atoms with van der Waals surface area (Å²) in [5.41, 5.74) is -0.438. The minimum absolute atomic E-state index is 0.152. The van der Waals surface area contributed by atoms with E-state index in [2.05, 4.69) is 9.97 Å². The van der Waals surface area contributed by atoms with Crippen molar-refractivity contribution in [1.29, 1.82) is 0 Å². The highest BCUT2D eigenvalue weighted by Crippen LogP contribution is 2.23. The third-order valence-electron chi connectivity index (χ3n) is 5.88. The van der Waals surface area contributed by atoms with E-state index in [1.54, 1.807) is 21.6 Å². The first-order valence-electron chi connectivity index (χ1n) is 11.2. The van der Waals surface area contributed by atoms with Crippen LogP contribution in [-0.4, -0.2) is 48.5 Å². The minimum atomic E-state index is -0.648. The molecule has 1 aliphatic heterocycles. The molecule has 0 spiro atoms. The lowest BCUT2D eigenvalue weighted by Crippen LogP contribution is -2.41. The maximum atomic E-state index is 12.9. The molecular weight excluding hydrogens is 446 g/mol. The molecule has 0 aliphatic carbocycles. The summed E-state index contributed by atoms with van der Waals surface area (Å²) < 4.78 is 8.67. The van der Waals surface area contributed by atoms with Gasteiger partial charge in [-0.25, -0.2) is 14.6 Å². The zero-order valence-corrected chi connectivity index (χ0v) is 19.5. The molecule has 0 aromatic carbocycles. The van der Waals surface area contributed by atoms with Gasteiger partial charge in [-0.05, 0) is 37.6 Å². The summed E-state index contributed by atoms with van der Waals surface area (Å²) in [6, 6.07) is 2.90. The molecule has 11 heteroatoms. The number of hydrogen-bond donors (Lipinski definition) is 1. The van der Waals surface area contributed by atoms with Crippen LogP contribution < -0.4 is 11.2 Å². The van der Waals surface area contributed by atoms with Gasteiger partial charge in [-0.1, -0.05) is 19.4 Å². The number of fused-ring (bicyclic) bond motifs is 1. The highest BCUT2D eigenvalue weighted by Gasteiger charge is 2.36. The normalized spacial score (nSPS) is 15.9. The predicted octanol–water partition coefficient (Wildman–Crippen LogP) is 2.12. The zero-order chi connectivity index (χ0) is 23.5. The van der Waals surface area contributed by atoms with Crippen LogP contribution in [0.15, 0.2) is 27.1 Å². The quantitative estimate of drug-likeness (QED) is 0.501. The number of likely N-dealkylation sites (tertiary alicyclic amines) is 1. The average molecular weight is 474 g/mol. The van der Waals surface area contributed by atoms with Gasteiger partial charge >= 0.3 is 11.7 Å². The van der Waals surface area contributed by atoms with E-state index in [9.17, 15) is 19.2 Å². The van der Waals surface area contributed by atoms with Gasteiger partial charge in [0.2, 0.25) is 0 Å². The number of aryl methyl sites for hydroxylation is 2. The van der Waals surface area contributed by atoms with Gasteiger partial charge in [-0.2, -0.15) is 0 Å². The van der Waals surface area contributed by atoms with Crippen LogP contribution in [0.25, 0.3) is 11.2 Å². The van der Waals surface area contributed by atoms with Crippen LogP contribution in [0.1, 0.15) is 55.0 Å². The van der Waals surface area contributed by atoms with E-state index in [4.69, 9.17) is 4.74 Å². The SMILES string of the molecule is CCCCn1c(=O)[nH]c(=O)c2c1nc(COC(=O)[C@@H]1CCCN1C(=O)c1cccs1)n2CC. The number of carbonyl (C=O) groups is 2. The Balaban J connectivity index is 1.57. The molecule has 0 unspecified atom stereocenters. The van der Waals surface area contributed by atoms with Gasteiger partial charge < -0.3 is 14.2 Å². The molecule has 4 heterocycles. The van der Waals surface area contributed by atoms with Crippen molar-refractivity contribution in [1.82, 2.24) is 24.0 Å². The fraction of sp³-hybridized carbons (Fsp3) is 0.500. The number of amides is 1. The van der Waals surface area contributed by atoms with Crippen LogP contribution >= 0.6 is 11.3 Å². The maximum absolute atomic E-state index is 12.9. The lowest BCUT2D eigenvalue weighted by atomic mass is 10.2. The molecule has 1 N–H and O–H groups in total. The Labute approximate surface area is 193 Å². The molecule has 3 aromatic heterocycles. The molecule has 4 rings (SSSR count). The average Bonchev–Trinajstić information content (AvgIpc) is 3.56. The van der Waals surface area contributed by atoms with E-state index in [1.165, 1.54) is 15.9 Å². The van der Waals surface area contributed by atoms with Gasteiger partial charge in [-0.3, -0.25) is 19.1 Å². The number of aromatic amines is 1. The minimum Gasteiger partial charge on any atom is -0.456 e. The highest BCUT2D eigenvalue weighted by molar-refractivity contribution is 7.12. The summed E-state index contributed by atoms with van der Waals surface area (Å²) >= 11 is 1.34. The van der Waals surface area contributed by atoms with Crippen molar-refractivity contribution in [2.24, 2.45) is 0 Å². The first-order chi connectivity index (χ1) is 16.0. The number of ether oxygens (including phenoxy) is 1. The van der Waals surface area contributed by atoms with Crippen molar-refractivity contribution >= 4 is 34.4 Å². The number of carbonyl (C=O) groups excluding carboxylic acids is 2. The second-order valence-corrected chi connectivity index (χ2v) is 8.90. The first-order valence-corrected chi connectivity index (χ1v) is 12.1. The fourth-order valence-corrected chi connectivity index (χ4v) is 4.90. The number of unbranched alkanes of at least 4 members (excludes halogenated alkanes) is 1. The number of esters is 1. The van der Waals surface area contributed by atoms with E-state index in [1.807, 2.05) is 19.2 Å². The van der Waals surface area contributed by atoms with Crippen LogP contribution in [0.3, 0.4) is 0 Å². The van der Waals surface area contributed by atoms with E-state index < -0.39 is 23.3 Å². The molecule has 1 amide bonds. The molecule has 0 bridgehead atoms. The van der Waals surface area contributed by atoms with Gasteiger partial charge in [0.05, 0.1) is 4.88 Å². The fourth-order valence-electron chi connectivity index (χ4n) is 4.22. The van der Waals surface area contributed by atoms with Crippen LogP contribution in [-0.2, 0) is 29.2 Å². The van der Waals surface area contributed by atoms with Crippen molar-refractivity contribution < 1.29 is 14.3 Å². The Morgan fingerprint density at radius 2 is 2.09 bits per heavy atom. The predicted molar refractivity (Wildman–Crippen MR) is 123 cm³/mol. The Morgan fingerprint density at radius 1 is 1.27 bits per heavy atom. The maximum Gasteiger partial charge on any atom is 0.330 e. The smallest absolute Gasteiger partial charge is 0.330 e. The van der Waals surface area contributed by atoms with Crippen LogP contribution in [0, 0.1) is 0 Å². The number of thiophene rings is 1. The second kappa shape index (κ2) is 9.74. The van der Waals surface area contributed by atoms with Crippen molar-refractivity contribution in [2.75, 3.05) is 6.54 Å². The molecule has 176 valence electrons. The van der Waals surface area contributed by atoms with Crippen molar-refractivity contribution in [3.05, 3.63) is 49.1 Å². The summed E-state index contributed by atoms with van der Waals surface area (Å²) in [7, 11) is 0. The van der Waals surface area contributed by atoms with Gasteiger partial charge in [0.1, 0.15) is 18.5 Å². The molecule has 0 saturated carbocycles. The van der Waals surface area contributed by atoms with E-state index in [0.29, 0.717) is 42.4 Å². The number of nitrogens with zero attached hydrogens (tertiary/aromatic N) is 4. The Hall–Kier alpha value is -3.21. The van der Waals surface area contributed by atoms with Gasteiger partial charge in [0, 0.05) is 19.6 Å². The van der Waals surface area contributed by atoms with Crippen molar-refractivity contribution in [2.45, 2.75) is 65.3 Å². The van der Waals surface area contributed by atoms with Crippen LogP contribution in [0.5, 0.6) is 0 Å². The summed E-state index contributed by atoms with van der Waals surface area (Å²) in [4.78, 5) is 59.5. The van der Waals surface area contributed by atoms with Gasteiger partial charge in [0.15, 0.2) is 11.2 Å². The summed E-state index contributed by atoms with van der Waals surface area (Å²) in [6.45, 7) is 5.07. The molecule has 33 heavy (non-hydrogen) atoms. The zero-order valence-electron chi connectivity index (χ0n) is 18.7. The molecule has 3 aromatic rings. The van der Waals surface area contributed by atoms with Crippen LogP contribution in [0.4, 0.5) is 0 Å².